The Labute approximate surface area is 81.5 Å². The fraction of sp³-hybridized carbons (Fsp3) is 1.00. The highest BCUT2D eigenvalue weighted by molar-refractivity contribution is 4.73. The van der Waals surface area contributed by atoms with Crippen molar-refractivity contribution in [2.24, 2.45) is 5.92 Å². The van der Waals surface area contributed by atoms with Crippen LogP contribution in [0.15, 0.2) is 0 Å². The van der Waals surface area contributed by atoms with Crippen molar-refractivity contribution in [1.82, 2.24) is 5.32 Å². The van der Waals surface area contributed by atoms with Gasteiger partial charge in [-0.3, -0.25) is 0 Å². The van der Waals surface area contributed by atoms with E-state index >= 15 is 0 Å². The molecule has 0 heterocycles. The highest BCUT2D eigenvalue weighted by Crippen LogP contribution is 2.03. The molecule has 0 bridgehead atoms. The lowest BCUT2D eigenvalue weighted by Gasteiger charge is -2.24. The third-order valence-corrected chi connectivity index (χ3v) is 2.26. The molecule has 2 N–H and O–H groups in total. The van der Waals surface area contributed by atoms with Gasteiger partial charge in [-0.2, -0.15) is 0 Å². The topological polar surface area (TPSA) is 41.5 Å². The van der Waals surface area contributed by atoms with Gasteiger partial charge >= 0.3 is 0 Å². The van der Waals surface area contributed by atoms with Crippen LogP contribution in [0.25, 0.3) is 0 Å². The first kappa shape index (κ1) is 12.9. The molecule has 0 aliphatic carbocycles. The third-order valence-electron chi connectivity index (χ3n) is 2.26. The Morgan fingerprint density at radius 2 is 1.92 bits per heavy atom. The molecule has 0 amide bonds. The average Bonchev–Trinajstić information content (AvgIpc) is 2.10. The maximum Gasteiger partial charge on any atom is 0.0587 e. The smallest absolute Gasteiger partial charge is 0.0587 e. The van der Waals surface area contributed by atoms with Crippen LogP contribution in [0.2, 0.25) is 0 Å². The molecule has 0 rings (SSSR count). The Morgan fingerprint density at radius 3 is 2.31 bits per heavy atom. The lowest BCUT2D eigenvalue weighted by molar-refractivity contribution is 0.165. The molecule has 13 heavy (non-hydrogen) atoms. The summed E-state index contributed by atoms with van der Waals surface area (Å²) in [5.74, 6) is 0.468. The number of hydrogen-bond donors (Lipinski definition) is 2. The maximum atomic E-state index is 9.08. The van der Waals surface area contributed by atoms with Crippen LogP contribution in [0.5, 0.6) is 0 Å². The molecule has 3 heteroatoms. The first-order valence-electron chi connectivity index (χ1n) is 4.97. The molecular weight excluding hydrogens is 166 g/mol. The van der Waals surface area contributed by atoms with Gasteiger partial charge in [-0.05, 0) is 19.3 Å². The lowest BCUT2D eigenvalue weighted by atomic mass is 10.0. The van der Waals surface area contributed by atoms with Crippen LogP contribution in [0, 0.1) is 5.92 Å². The van der Waals surface area contributed by atoms with E-state index in [1.54, 1.807) is 7.11 Å². The van der Waals surface area contributed by atoms with Crippen LogP contribution < -0.4 is 5.32 Å². The Hall–Kier alpha value is -0.120. The summed E-state index contributed by atoms with van der Waals surface area (Å²) in [4.78, 5) is 0. The largest absolute Gasteiger partial charge is 0.395 e. The van der Waals surface area contributed by atoms with Crippen LogP contribution in [0.4, 0.5) is 0 Å². The van der Waals surface area contributed by atoms with Gasteiger partial charge in [0.1, 0.15) is 0 Å². The molecule has 0 aromatic rings. The van der Waals surface area contributed by atoms with E-state index in [0.717, 1.165) is 13.0 Å². The van der Waals surface area contributed by atoms with Gasteiger partial charge in [0.15, 0.2) is 0 Å². The van der Waals surface area contributed by atoms with Crippen molar-refractivity contribution in [3.8, 4) is 0 Å². The van der Waals surface area contributed by atoms with Gasteiger partial charge in [-0.1, -0.05) is 13.8 Å². The fourth-order valence-corrected chi connectivity index (χ4v) is 1.20. The number of hydrogen-bond acceptors (Lipinski definition) is 3. The summed E-state index contributed by atoms with van der Waals surface area (Å²) in [5.41, 5.74) is 0. The average molecular weight is 189 g/mol. The van der Waals surface area contributed by atoms with Crippen molar-refractivity contribution >= 4 is 0 Å². The second kappa shape index (κ2) is 7.30. The van der Waals surface area contributed by atoms with Gasteiger partial charge in [-0.15, -0.1) is 0 Å². The number of aliphatic hydroxyl groups is 1. The molecule has 0 saturated carbocycles. The summed E-state index contributed by atoms with van der Waals surface area (Å²) < 4.78 is 4.99. The molecule has 0 aromatic carbocycles. The van der Waals surface area contributed by atoms with Crippen molar-refractivity contribution in [1.29, 1.82) is 0 Å². The SMILES string of the molecule is COCCC(C)NC(CO)C(C)C. The van der Waals surface area contributed by atoms with Gasteiger partial charge in [-0.25, -0.2) is 0 Å². The van der Waals surface area contributed by atoms with Crippen LogP contribution in [0.3, 0.4) is 0 Å². The van der Waals surface area contributed by atoms with Gasteiger partial charge in [0, 0.05) is 25.8 Å². The zero-order valence-corrected chi connectivity index (χ0v) is 9.21. The summed E-state index contributed by atoms with van der Waals surface area (Å²) in [6.07, 6.45) is 0.986. The van der Waals surface area contributed by atoms with Crippen molar-refractivity contribution in [3.63, 3.8) is 0 Å². The van der Waals surface area contributed by atoms with E-state index in [1.165, 1.54) is 0 Å². The predicted molar refractivity (Wildman–Crippen MR) is 54.8 cm³/mol. The van der Waals surface area contributed by atoms with Crippen LogP contribution in [-0.2, 0) is 4.74 Å². The normalized spacial score (nSPS) is 16.2. The minimum atomic E-state index is 0.201. The van der Waals surface area contributed by atoms with Gasteiger partial charge in [0.2, 0.25) is 0 Å². The molecule has 0 aliphatic heterocycles. The number of methoxy groups -OCH3 is 1. The summed E-state index contributed by atoms with van der Waals surface area (Å²) in [7, 11) is 1.71. The molecule has 0 aliphatic rings. The predicted octanol–water partition coefficient (Wildman–Crippen LogP) is 1.02. The molecule has 3 nitrogen and oxygen atoms in total. The first-order valence-corrected chi connectivity index (χ1v) is 4.97. The Bertz CT molecular complexity index is 117. The van der Waals surface area contributed by atoms with Gasteiger partial charge in [0.25, 0.3) is 0 Å². The van der Waals surface area contributed by atoms with E-state index in [0.29, 0.717) is 12.0 Å². The number of aliphatic hydroxyl groups excluding tert-OH is 1. The quantitative estimate of drug-likeness (QED) is 0.628. The number of rotatable bonds is 7. The monoisotopic (exact) mass is 189 g/mol. The summed E-state index contributed by atoms with van der Waals surface area (Å²) in [6, 6.07) is 0.603. The minimum Gasteiger partial charge on any atom is -0.395 e. The van der Waals surface area contributed by atoms with Crippen molar-refractivity contribution in [3.05, 3.63) is 0 Å². The molecule has 2 atom stereocenters. The van der Waals surface area contributed by atoms with Crippen molar-refractivity contribution in [2.75, 3.05) is 20.3 Å². The van der Waals surface area contributed by atoms with E-state index < -0.39 is 0 Å². The Balaban J connectivity index is 3.66. The maximum absolute atomic E-state index is 9.08. The minimum absolute atomic E-state index is 0.201. The second-order valence-corrected chi connectivity index (χ2v) is 3.88. The zero-order valence-electron chi connectivity index (χ0n) is 9.21. The van der Waals surface area contributed by atoms with Crippen LogP contribution in [0.1, 0.15) is 27.2 Å². The summed E-state index contributed by atoms with van der Waals surface area (Å²) in [5, 5.41) is 12.4. The summed E-state index contributed by atoms with van der Waals surface area (Å²) >= 11 is 0. The van der Waals surface area contributed by atoms with E-state index in [2.05, 4.69) is 26.1 Å². The lowest BCUT2D eigenvalue weighted by Crippen LogP contribution is -2.42. The number of nitrogens with one attached hydrogen (secondary N) is 1. The van der Waals surface area contributed by atoms with Crippen molar-refractivity contribution in [2.45, 2.75) is 39.3 Å². The first-order chi connectivity index (χ1) is 6.11. The second-order valence-electron chi connectivity index (χ2n) is 3.88. The molecular formula is C10H23NO2. The van der Waals surface area contributed by atoms with Crippen LogP contribution >= 0.6 is 0 Å². The Kier molecular flexibility index (Phi) is 7.23. The molecule has 0 fully saturated rings. The molecule has 2 unspecified atom stereocenters. The standard InChI is InChI=1S/C10H23NO2/c1-8(2)10(7-12)11-9(3)5-6-13-4/h8-12H,5-7H2,1-4H3. The van der Waals surface area contributed by atoms with Gasteiger partial charge in [0.05, 0.1) is 6.61 Å². The molecule has 0 spiro atoms. The zero-order chi connectivity index (χ0) is 10.3. The molecule has 0 radical (unpaired) electrons. The molecule has 0 saturated heterocycles. The fourth-order valence-electron chi connectivity index (χ4n) is 1.20. The van der Waals surface area contributed by atoms with Gasteiger partial charge < -0.3 is 15.2 Å². The third kappa shape index (κ3) is 6.02. The molecule has 0 aromatic heterocycles. The molecule has 80 valence electrons. The number of ether oxygens (including phenoxy) is 1. The highest BCUT2D eigenvalue weighted by atomic mass is 16.5. The van der Waals surface area contributed by atoms with E-state index in [1.807, 2.05) is 0 Å². The van der Waals surface area contributed by atoms with E-state index in [9.17, 15) is 0 Å². The summed E-state index contributed by atoms with van der Waals surface area (Å²) in [6.45, 7) is 7.30. The van der Waals surface area contributed by atoms with Crippen LogP contribution in [-0.4, -0.2) is 37.5 Å². The van der Waals surface area contributed by atoms with E-state index in [-0.39, 0.29) is 12.6 Å². The van der Waals surface area contributed by atoms with Crippen molar-refractivity contribution < 1.29 is 9.84 Å². The van der Waals surface area contributed by atoms with E-state index in [4.69, 9.17) is 9.84 Å². The highest BCUT2D eigenvalue weighted by Gasteiger charge is 2.14. The Morgan fingerprint density at radius 1 is 1.31 bits per heavy atom.